The summed E-state index contributed by atoms with van der Waals surface area (Å²) in [4.78, 5) is 10.4. The van der Waals surface area contributed by atoms with Gasteiger partial charge in [-0.2, -0.15) is 5.10 Å². The first-order valence-corrected chi connectivity index (χ1v) is 6.90. The Hall–Kier alpha value is -1.71. The molecule has 0 saturated carbocycles. The Morgan fingerprint density at radius 2 is 2.30 bits per heavy atom. The van der Waals surface area contributed by atoms with E-state index in [1.54, 1.807) is 33.5 Å². The number of benzene rings is 1. The fraction of sp³-hybridized carbons (Fsp3) is 0.250. The molecule has 1 aromatic heterocycles. The number of rotatable bonds is 5. The third-order valence-electron chi connectivity index (χ3n) is 2.72. The number of anilines is 1. The second-order valence-corrected chi connectivity index (χ2v) is 5.40. The lowest BCUT2D eigenvalue weighted by molar-refractivity contribution is -0.384. The Bertz CT molecular complexity index is 644. The second-order valence-electron chi connectivity index (χ2n) is 4.24. The van der Waals surface area contributed by atoms with Crippen LogP contribution in [0, 0.1) is 19.5 Å². The smallest absolute Gasteiger partial charge is 0.293 e. The number of nitrogens with zero attached hydrogens (tertiary/aromatic N) is 3. The summed E-state index contributed by atoms with van der Waals surface area (Å²) in [5, 5.41) is 17.9. The van der Waals surface area contributed by atoms with E-state index in [2.05, 4.69) is 10.4 Å². The predicted molar refractivity (Wildman–Crippen MR) is 81.2 cm³/mol. The van der Waals surface area contributed by atoms with Crippen LogP contribution in [0.1, 0.15) is 5.56 Å². The minimum Gasteiger partial charge on any atom is -0.379 e. The molecule has 1 heterocycles. The van der Waals surface area contributed by atoms with Gasteiger partial charge in [0.2, 0.25) is 0 Å². The summed E-state index contributed by atoms with van der Waals surface area (Å²) < 4.78 is 15.4. The SMILES string of the molecule is Cn1cc(CCNc2cc(F)c(I)cc2[N+](=O)[O-])cn1. The molecule has 0 aliphatic heterocycles. The summed E-state index contributed by atoms with van der Waals surface area (Å²) >= 11 is 1.73. The number of halogens is 2. The molecule has 2 rings (SSSR count). The molecule has 1 N–H and O–H groups in total. The van der Waals surface area contributed by atoms with Gasteiger partial charge in [0, 0.05) is 31.9 Å². The molecule has 0 saturated heterocycles. The molecule has 0 atom stereocenters. The van der Waals surface area contributed by atoms with Crippen LogP contribution in [0.5, 0.6) is 0 Å². The number of hydrogen-bond donors (Lipinski definition) is 1. The van der Waals surface area contributed by atoms with Crippen molar-refractivity contribution in [3.05, 3.63) is 49.6 Å². The van der Waals surface area contributed by atoms with Crippen molar-refractivity contribution in [3.63, 3.8) is 0 Å². The molecule has 0 spiro atoms. The minimum absolute atomic E-state index is 0.123. The highest BCUT2D eigenvalue weighted by molar-refractivity contribution is 14.1. The van der Waals surface area contributed by atoms with Gasteiger partial charge in [-0.15, -0.1) is 0 Å². The molecular weight excluding hydrogens is 378 g/mol. The Morgan fingerprint density at radius 1 is 1.55 bits per heavy atom. The zero-order valence-corrected chi connectivity index (χ0v) is 12.8. The molecule has 20 heavy (non-hydrogen) atoms. The maximum absolute atomic E-state index is 13.5. The van der Waals surface area contributed by atoms with Crippen LogP contribution in [-0.4, -0.2) is 21.2 Å². The normalized spacial score (nSPS) is 10.6. The largest absolute Gasteiger partial charge is 0.379 e. The number of nitrogens with one attached hydrogen (secondary N) is 1. The van der Waals surface area contributed by atoms with Crippen molar-refractivity contribution in [2.24, 2.45) is 7.05 Å². The third kappa shape index (κ3) is 3.44. The van der Waals surface area contributed by atoms with Crippen LogP contribution in [-0.2, 0) is 13.5 Å². The molecule has 0 unspecified atom stereocenters. The first-order valence-electron chi connectivity index (χ1n) is 5.82. The second kappa shape index (κ2) is 6.16. The average molecular weight is 390 g/mol. The fourth-order valence-electron chi connectivity index (χ4n) is 1.77. The highest BCUT2D eigenvalue weighted by Crippen LogP contribution is 2.28. The summed E-state index contributed by atoms with van der Waals surface area (Å²) in [6.07, 6.45) is 4.24. The summed E-state index contributed by atoms with van der Waals surface area (Å²) in [7, 11) is 1.82. The van der Waals surface area contributed by atoms with Gasteiger partial charge < -0.3 is 5.32 Å². The Kier molecular flexibility index (Phi) is 4.53. The van der Waals surface area contributed by atoms with Crippen molar-refractivity contribution < 1.29 is 9.31 Å². The molecule has 0 bridgehead atoms. The van der Waals surface area contributed by atoms with E-state index in [1.165, 1.54) is 6.07 Å². The van der Waals surface area contributed by atoms with Crippen LogP contribution in [0.25, 0.3) is 0 Å². The minimum atomic E-state index is -0.520. The number of aryl methyl sites for hydroxylation is 1. The van der Waals surface area contributed by atoms with Crippen molar-refractivity contribution >= 4 is 34.0 Å². The summed E-state index contributed by atoms with van der Waals surface area (Å²) in [6.45, 7) is 0.465. The topological polar surface area (TPSA) is 73.0 Å². The van der Waals surface area contributed by atoms with Crippen LogP contribution in [0.3, 0.4) is 0 Å². The number of nitro groups is 1. The highest BCUT2D eigenvalue weighted by Gasteiger charge is 2.17. The molecule has 1 aromatic carbocycles. The van der Waals surface area contributed by atoms with Gasteiger partial charge in [0.05, 0.1) is 14.7 Å². The van der Waals surface area contributed by atoms with Crippen LogP contribution >= 0.6 is 22.6 Å². The van der Waals surface area contributed by atoms with E-state index in [9.17, 15) is 14.5 Å². The van der Waals surface area contributed by atoms with E-state index in [4.69, 9.17) is 0 Å². The van der Waals surface area contributed by atoms with E-state index >= 15 is 0 Å². The van der Waals surface area contributed by atoms with Crippen LogP contribution in [0.4, 0.5) is 15.8 Å². The number of nitro benzene ring substituents is 1. The molecule has 0 aliphatic rings. The standard InChI is InChI=1S/C12H12FIN4O2/c1-17-7-8(6-16-17)2-3-15-11-4-9(13)10(14)5-12(11)18(19)20/h4-7,15H,2-3H2,1H3. The van der Waals surface area contributed by atoms with Gasteiger partial charge in [-0.25, -0.2) is 4.39 Å². The molecular formula is C12H12FIN4O2. The average Bonchev–Trinajstić information content (AvgIpc) is 2.79. The van der Waals surface area contributed by atoms with Gasteiger partial charge in [0.1, 0.15) is 11.5 Å². The van der Waals surface area contributed by atoms with E-state index in [-0.39, 0.29) is 14.9 Å². The predicted octanol–water partition coefficient (Wildman–Crippen LogP) is 2.73. The van der Waals surface area contributed by atoms with Crippen LogP contribution in [0.15, 0.2) is 24.5 Å². The van der Waals surface area contributed by atoms with Crippen molar-refractivity contribution in [1.82, 2.24) is 9.78 Å². The Morgan fingerprint density at radius 3 is 2.90 bits per heavy atom. The first kappa shape index (κ1) is 14.7. The Balaban J connectivity index is 2.08. The molecule has 0 fully saturated rings. The van der Waals surface area contributed by atoms with Crippen molar-refractivity contribution in [1.29, 1.82) is 0 Å². The maximum atomic E-state index is 13.5. The molecule has 0 aliphatic carbocycles. The summed E-state index contributed by atoms with van der Waals surface area (Å²) in [5.41, 5.74) is 1.08. The Labute approximate surface area is 128 Å². The molecule has 2 aromatic rings. The fourth-order valence-corrected chi connectivity index (χ4v) is 2.22. The van der Waals surface area contributed by atoms with Gasteiger partial charge in [-0.05, 0) is 34.6 Å². The number of aromatic nitrogens is 2. The van der Waals surface area contributed by atoms with Gasteiger partial charge in [0.15, 0.2) is 0 Å². The van der Waals surface area contributed by atoms with Gasteiger partial charge >= 0.3 is 0 Å². The maximum Gasteiger partial charge on any atom is 0.293 e. The molecule has 6 nitrogen and oxygen atoms in total. The molecule has 0 radical (unpaired) electrons. The van der Waals surface area contributed by atoms with Crippen LogP contribution < -0.4 is 5.32 Å². The molecule has 0 amide bonds. The van der Waals surface area contributed by atoms with Crippen molar-refractivity contribution in [2.45, 2.75) is 6.42 Å². The first-order chi connectivity index (χ1) is 9.47. The van der Waals surface area contributed by atoms with Crippen molar-refractivity contribution in [2.75, 3.05) is 11.9 Å². The highest BCUT2D eigenvalue weighted by atomic mass is 127. The monoisotopic (exact) mass is 390 g/mol. The zero-order valence-electron chi connectivity index (χ0n) is 10.6. The van der Waals surface area contributed by atoms with E-state index in [0.29, 0.717) is 13.0 Å². The third-order valence-corrected chi connectivity index (χ3v) is 3.55. The van der Waals surface area contributed by atoms with E-state index < -0.39 is 10.7 Å². The molecule has 8 heteroatoms. The lowest BCUT2D eigenvalue weighted by atomic mass is 10.2. The zero-order chi connectivity index (χ0) is 14.7. The van der Waals surface area contributed by atoms with E-state index in [1.807, 2.05) is 13.2 Å². The van der Waals surface area contributed by atoms with Crippen LogP contribution in [0.2, 0.25) is 0 Å². The van der Waals surface area contributed by atoms with E-state index in [0.717, 1.165) is 11.6 Å². The summed E-state index contributed by atoms with van der Waals surface area (Å²) in [6, 6.07) is 2.38. The van der Waals surface area contributed by atoms with Gasteiger partial charge in [-0.1, -0.05) is 0 Å². The number of hydrogen-bond acceptors (Lipinski definition) is 4. The summed E-state index contributed by atoms with van der Waals surface area (Å²) in [5.74, 6) is -0.472. The molecule has 106 valence electrons. The quantitative estimate of drug-likeness (QED) is 0.484. The van der Waals surface area contributed by atoms with Gasteiger partial charge in [-0.3, -0.25) is 14.8 Å². The van der Waals surface area contributed by atoms with Crippen molar-refractivity contribution in [3.8, 4) is 0 Å². The lowest BCUT2D eigenvalue weighted by Crippen LogP contribution is -2.07. The van der Waals surface area contributed by atoms with Gasteiger partial charge in [0.25, 0.3) is 5.69 Å². The lowest BCUT2D eigenvalue weighted by Gasteiger charge is -2.07.